The lowest BCUT2D eigenvalue weighted by Crippen LogP contribution is -2.07. The van der Waals surface area contributed by atoms with Crippen LogP contribution in [0.25, 0.3) is 0 Å². The van der Waals surface area contributed by atoms with Crippen molar-refractivity contribution >= 4 is 37.5 Å². The number of anilines is 1. The molecule has 0 saturated carbocycles. The maximum Gasteiger partial charge on any atom is 0.160 e. The van der Waals surface area contributed by atoms with Gasteiger partial charge in [-0.25, -0.2) is 0 Å². The molecule has 0 aromatic heterocycles. The number of hydrogen-bond donors (Lipinski definition) is 2. The monoisotopic (exact) mass is 399 g/mol. The molecule has 0 bridgehead atoms. The first kappa shape index (κ1) is 15.2. The summed E-state index contributed by atoms with van der Waals surface area (Å²) in [6.07, 6.45) is 0. The van der Waals surface area contributed by atoms with Crippen LogP contribution in [0.4, 0.5) is 5.69 Å². The Morgan fingerprint density at radius 2 is 1.90 bits per heavy atom. The molecule has 2 aromatic rings. The maximum atomic E-state index is 9.79. The minimum atomic E-state index is 0.102. The highest BCUT2D eigenvalue weighted by molar-refractivity contribution is 9.11. The van der Waals surface area contributed by atoms with Gasteiger partial charge < -0.3 is 15.2 Å². The number of hydrogen-bond acceptors (Lipinski definition) is 3. The molecule has 2 N–H and O–H groups in total. The Morgan fingerprint density at radius 3 is 2.50 bits per heavy atom. The highest BCUT2D eigenvalue weighted by atomic mass is 79.9. The highest BCUT2D eigenvalue weighted by Crippen LogP contribution is 2.32. The van der Waals surface area contributed by atoms with Crippen LogP contribution in [0.2, 0.25) is 0 Å². The minimum absolute atomic E-state index is 0.102. The summed E-state index contributed by atoms with van der Waals surface area (Å²) in [5.41, 5.74) is 1.98. The molecule has 2 rings (SSSR count). The van der Waals surface area contributed by atoms with Gasteiger partial charge in [0.1, 0.15) is 0 Å². The van der Waals surface area contributed by atoms with E-state index in [4.69, 9.17) is 4.74 Å². The Balaban J connectivity index is 2.18. The third-order valence-corrected chi connectivity index (χ3v) is 4.17. The summed E-state index contributed by atoms with van der Waals surface area (Å²) in [6, 6.07) is 11.4. The fourth-order valence-electron chi connectivity index (χ4n) is 1.96. The molecule has 5 heteroatoms. The van der Waals surface area contributed by atoms with Crippen molar-refractivity contribution in [1.29, 1.82) is 0 Å². The Hall–Kier alpha value is -1.20. The number of benzene rings is 2. The number of methoxy groups -OCH3 is 1. The predicted molar refractivity (Wildman–Crippen MR) is 88.5 cm³/mol. The van der Waals surface area contributed by atoms with E-state index in [2.05, 4.69) is 50.2 Å². The second-order valence-corrected chi connectivity index (χ2v) is 6.19. The summed E-state index contributed by atoms with van der Waals surface area (Å²) >= 11 is 7.00. The van der Waals surface area contributed by atoms with Crippen LogP contribution in [-0.4, -0.2) is 12.2 Å². The zero-order valence-electron chi connectivity index (χ0n) is 11.2. The van der Waals surface area contributed by atoms with Gasteiger partial charge in [0.2, 0.25) is 0 Å². The van der Waals surface area contributed by atoms with E-state index in [1.165, 1.54) is 7.11 Å². The number of phenolic OH excluding ortho intramolecular Hbond substituents is 1. The largest absolute Gasteiger partial charge is 0.504 e. The van der Waals surface area contributed by atoms with Gasteiger partial charge >= 0.3 is 0 Å². The van der Waals surface area contributed by atoms with E-state index >= 15 is 0 Å². The van der Waals surface area contributed by atoms with E-state index in [0.717, 1.165) is 20.2 Å². The molecule has 2 aromatic carbocycles. The summed E-state index contributed by atoms with van der Waals surface area (Å²) in [4.78, 5) is 0. The van der Waals surface area contributed by atoms with Crippen LogP contribution in [0.5, 0.6) is 11.5 Å². The van der Waals surface area contributed by atoms with Crippen molar-refractivity contribution in [3.63, 3.8) is 0 Å². The van der Waals surface area contributed by atoms with Crippen molar-refractivity contribution < 1.29 is 9.84 Å². The first-order valence-electron chi connectivity index (χ1n) is 6.09. The molecule has 0 amide bonds. The van der Waals surface area contributed by atoms with Crippen molar-refractivity contribution in [3.8, 4) is 11.5 Å². The number of ether oxygens (including phenoxy) is 1. The van der Waals surface area contributed by atoms with Crippen molar-refractivity contribution in [2.45, 2.75) is 13.0 Å². The molecule has 0 heterocycles. The molecular weight excluding hydrogens is 386 g/mol. The summed E-state index contributed by atoms with van der Waals surface area (Å²) in [7, 11) is 1.53. The molecule has 1 atom stereocenters. The fraction of sp³-hybridized carbons (Fsp3) is 0.200. The second-order valence-electron chi connectivity index (χ2n) is 4.42. The molecule has 0 aliphatic carbocycles. The average molecular weight is 401 g/mol. The number of aromatic hydroxyl groups is 1. The van der Waals surface area contributed by atoms with Gasteiger partial charge in [-0.15, -0.1) is 0 Å². The lowest BCUT2D eigenvalue weighted by atomic mass is 10.1. The summed E-state index contributed by atoms with van der Waals surface area (Å²) in [5.74, 6) is 0.590. The quantitative estimate of drug-likeness (QED) is 0.750. The average Bonchev–Trinajstić information content (AvgIpc) is 2.38. The third kappa shape index (κ3) is 3.46. The fourth-order valence-corrected chi connectivity index (χ4v) is 3.35. The lowest BCUT2D eigenvalue weighted by Gasteiger charge is -2.18. The van der Waals surface area contributed by atoms with Crippen LogP contribution >= 0.6 is 31.9 Å². The Bertz CT molecular complexity index is 617. The molecule has 3 nitrogen and oxygen atoms in total. The Kier molecular flexibility index (Phi) is 4.94. The zero-order chi connectivity index (χ0) is 14.7. The van der Waals surface area contributed by atoms with Crippen LogP contribution in [0, 0.1) is 0 Å². The molecule has 0 aliphatic heterocycles. The molecule has 1 unspecified atom stereocenters. The maximum absolute atomic E-state index is 9.79. The molecule has 106 valence electrons. The highest BCUT2D eigenvalue weighted by Gasteiger charge is 2.11. The van der Waals surface area contributed by atoms with Crippen LogP contribution < -0.4 is 10.1 Å². The van der Waals surface area contributed by atoms with Crippen LogP contribution in [0.3, 0.4) is 0 Å². The van der Waals surface area contributed by atoms with Gasteiger partial charge in [-0.1, -0.05) is 37.9 Å². The van der Waals surface area contributed by atoms with Crippen LogP contribution in [-0.2, 0) is 0 Å². The number of phenols is 1. The van der Waals surface area contributed by atoms with Crippen LogP contribution in [0.15, 0.2) is 45.3 Å². The van der Waals surface area contributed by atoms with Crippen molar-refractivity contribution in [2.24, 2.45) is 0 Å². The normalized spacial score (nSPS) is 12.0. The van der Waals surface area contributed by atoms with E-state index in [1.54, 1.807) is 12.1 Å². The standard InChI is InChI=1S/C15H15Br2NO2/c1-9(12-5-3-10(16)7-13(12)17)18-11-4-6-15(20-2)14(19)8-11/h3-9,18-19H,1-2H3. The zero-order valence-corrected chi connectivity index (χ0v) is 14.3. The van der Waals surface area contributed by atoms with Gasteiger partial charge in [0, 0.05) is 26.7 Å². The topological polar surface area (TPSA) is 41.5 Å². The molecule has 20 heavy (non-hydrogen) atoms. The van der Waals surface area contributed by atoms with E-state index in [1.807, 2.05) is 18.2 Å². The molecule has 0 radical (unpaired) electrons. The van der Waals surface area contributed by atoms with Gasteiger partial charge in [0.05, 0.1) is 7.11 Å². The van der Waals surface area contributed by atoms with Gasteiger partial charge in [0.25, 0.3) is 0 Å². The number of rotatable bonds is 4. The molecule has 0 saturated heterocycles. The predicted octanol–water partition coefficient (Wildman–Crippen LogP) is 5.10. The summed E-state index contributed by atoms with van der Waals surface area (Å²) in [6.45, 7) is 2.06. The van der Waals surface area contributed by atoms with E-state index in [-0.39, 0.29) is 11.8 Å². The summed E-state index contributed by atoms with van der Waals surface area (Å²) < 4.78 is 7.09. The Labute approximate surface area is 135 Å². The van der Waals surface area contributed by atoms with Gasteiger partial charge in [-0.05, 0) is 36.8 Å². The van der Waals surface area contributed by atoms with Gasteiger partial charge in [0.15, 0.2) is 11.5 Å². The van der Waals surface area contributed by atoms with Crippen molar-refractivity contribution in [1.82, 2.24) is 0 Å². The first-order valence-corrected chi connectivity index (χ1v) is 7.68. The van der Waals surface area contributed by atoms with E-state index in [0.29, 0.717) is 5.75 Å². The molecule has 0 aliphatic rings. The SMILES string of the molecule is COc1ccc(NC(C)c2ccc(Br)cc2Br)cc1O. The summed E-state index contributed by atoms with van der Waals surface area (Å²) in [5, 5.41) is 13.1. The van der Waals surface area contributed by atoms with E-state index in [9.17, 15) is 5.11 Å². The Morgan fingerprint density at radius 1 is 1.15 bits per heavy atom. The van der Waals surface area contributed by atoms with Crippen LogP contribution in [0.1, 0.15) is 18.5 Å². The van der Waals surface area contributed by atoms with Crippen molar-refractivity contribution in [3.05, 3.63) is 50.9 Å². The minimum Gasteiger partial charge on any atom is -0.504 e. The lowest BCUT2D eigenvalue weighted by molar-refractivity contribution is 0.373. The first-order chi connectivity index (χ1) is 9.51. The van der Waals surface area contributed by atoms with Crippen molar-refractivity contribution in [2.75, 3.05) is 12.4 Å². The number of nitrogens with one attached hydrogen (secondary N) is 1. The van der Waals surface area contributed by atoms with Gasteiger partial charge in [-0.2, -0.15) is 0 Å². The molecule has 0 fully saturated rings. The third-order valence-electron chi connectivity index (χ3n) is 2.99. The second kappa shape index (κ2) is 6.50. The molecule has 0 spiro atoms. The smallest absolute Gasteiger partial charge is 0.160 e. The van der Waals surface area contributed by atoms with Gasteiger partial charge in [-0.3, -0.25) is 0 Å². The molecular formula is C15H15Br2NO2. The number of halogens is 2. The van der Waals surface area contributed by atoms with E-state index < -0.39 is 0 Å².